The van der Waals surface area contributed by atoms with Gasteiger partial charge in [-0.05, 0) is 57.2 Å². The summed E-state index contributed by atoms with van der Waals surface area (Å²) < 4.78 is 11.7. The van der Waals surface area contributed by atoms with Crippen molar-refractivity contribution in [2.75, 3.05) is 13.7 Å². The monoisotopic (exact) mass is 530 g/mol. The lowest BCUT2D eigenvalue weighted by Gasteiger charge is -2.17. The van der Waals surface area contributed by atoms with Gasteiger partial charge in [0.1, 0.15) is 5.01 Å². The van der Waals surface area contributed by atoms with Crippen LogP contribution in [0.5, 0.6) is 11.5 Å². The second-order valence-corrected chi connectivity index (χ2v) is 8.24. The van der Waals surface area contributed by atoms with Gasteiger partial charge in [0.25, 0.3) is 0 Å². The molecule has 0 unspecified atom stereocenters. The molecule has 1 fully saturated rings. The molecule has 1 aromatic carbocycles. The van der Waals surface area contributed by atoms with Gasteiger partial charge in [-0.2, -0.15) is 0 Å². The molecule has 0 atom stereocenters. The van der Waals surface area contributed by atoms with Crippen LogP contribution in [0.1, 0.15) is 48.1 Å². The van der Waals surface area contributed by atoms with E-state index < -0.39 is 0 Å². The van der Waals surface area contributed by atoms with Crippen molar-refractivity contribution >= 4 is 41.3 Å². The second-order valence-electron chi connectivity index (χ2n) is 6.92. The topological polar surface area (TPSA) is 67.8 Å². The Morgan fingerprint density at radius 1 is 1.24 bits per heavy atom. The summed E-state index contributed by atoms with van der Waals surface area (Å²) in [4.78, 5) is 10.3. The van der Waals surface area contributed by atoms with Gasteiger partial charge in [-0.25, -0.2) is 9.98 Å². The molecule has 0 radical (unpaired) electrons. The van der Waals surface area contributed by atoms with Gasteiger partial charge in [0.2, 0.25) is 0 Å². The molecule has 160 valence electrons. The molecule has 6 nitrogen and oxygen atoms in total. The first-order valence-electron chi connectivity index (χ1n) is 9.95. The number of thiazole rings is 1. The number of methoxy groups -OCH3 is 1. The molecule has 3 rings (SSSR count). The lowest BCUT2D eigenvalue weighted by molar-refractivity contribution is 0.200. The van der Waals surface area contributed by atoms with Gasteiger partial charge >= 0.3 is 0 Å². The zero-order valence-corrected chi connectivity index (χ0v) is 20.5. The number of guanidine groups is 1. The second kappa shape index (κ2) is 12.2. The third kappa shape index (κ3) is 7.33. The van der Waals surface area contributed by atoms with Crippen molar-refractivity contribution in [3.05, 3.63) is 39.8 Å². The van der Waals surface area contributed by atoms with E-state index in [1.165, 1.54) is 17.7 Å². The number of aromatic nitrogens is 1. The fraction of sp³-hybridized carbons (Fsp3) is 0.524. The fourth-order valence-electron chi connectivity index (χ4n) is 3.25. The van der Waals surface area contributed by atoms with Gasteiger partial charge in [0, 0.05) is 17.6 Å². The number of hydrogen-bond acceptors (Lipinski definition) is 5. The smallest absolute Gasteiger partial charge is 0.191 e. The average molecular weight is 530 g/mol. The van der Waals surface area contributed by atoms with Crippen molar-refractivity contribution < 1.29 is 9.47 Å². The predicted molar refractivity (Wildman–Crippen MR) is 130 cm³/mol. The molecule has 0 aliphatic heterocycles. The Hall–Kier alpha value is -1.55. The van der Waals surface area contributed by atoms with Crippen LogP contribution >= 0.6 is 35.3 Å². The summed E-state index contributed by atoms with van der Waals surface area (Å²) in [6.45, 7) is 6.17. The van der Waals surface area contributed by atoms with Gasteiger partial charge in [-0.15, -0.1) is 35.3 Å². The van der Waals surface area contributed by atoms with Gasteiger partial charge in [-0.3, -0.25) is 0 Å². The largest absolute Gasteiger partial charge is 0.493 e. The summed E-state index contributed by atoms with van der Waals surface area (Å²) in [5, 5.41) is 7.69. The molecule has 1 heterocycles. The van der Waals surface area contributed by atoms with E-state index in [1.54, 1.807) is 18.4 Å². The normalized spacial score (nSPS) is 14.4. The molecule has 0 bridgehead atoms. The van der Waals surface area contributed by atoms with E-state index in [4.69, 9.17) is 14.5 Å². The van der Waals surface area contributed by atoms with E-state index in [-0.39, 0.29) is 24.0 Å². The highest BCUT2D eigenvalue weighted by Gasteiger charge is 2.18. The minimum Gasteiger partial charge on any atom is -0.493 e. The SMILES string of the molecule is CCNC(=NCc1ccc(OC)c(OC2CCCC2)c1)NCc1ncc(C)s1.I. The van der Waals surface area contributed by atoms with Gasteiger partial charge in [-0.1, -0.05) is 6.07 Å². The molecule has 0 spiro atoms. The lowest BCUT2D eigenvalue weighted by atomic mass is 10.2. The minimum atomic E-state index is 0. The Kier molecular flexibility index (Phi) is 9.99. The molecule has 1 aromatic heterocycles. The zero-order chi connectivity index (χ0) is 19.8. The molecule has 1 aliphatic rings. The van der Waals surface area contributed by atoms with Crippen molar-refractivity contribution in [1.82, 2.24) is 15.6 Å². The highest BCUT2D eigenvalue weighted by atomic mass is 127. The minimum absolute atomic E-state index is 0. The van der Waals surface area contributed by atoms with Crippen LogP contribution in [0, 0.1) is 6.92 Å². The van der Waals surface area contributed by atoms with Gasteiger partial charge in [0.05, 0.1) is 26.3 Å². The number of aryl methyl sites for hydroxylation is 1. The Bertz CT molecular complexity index is 791. The zero-order valence-electron chi connectivity index (χ0n) is 17.4. The number of hydrogen-bond donors (Lipinski definition) is 2. The molecule has 2 aromatic rings. The fourth-order valence-corrected chi connectivity index (χ4v) is 3.98. The maximum absolute atomic E-state index is 6.19. The Morgan fingerprint density at radius 3 is 2.69 bits per heavy atom. The van der Waals surface area contributed by atoms with Gasteiger partial charge < -0.3 is 20.1 Å². The third-order valence-electron chi connectivity index (χ3n) is 4.66. The number of rotatable bonds is 8. The summed E-state index contributed by atoms with van der Waals surface area (Å²) in [5.74, 6) is 2.38. The van der Waals surface area contributed by atoms with Crippen molar-refractivity contribution in [3.63, 3.8) is 0 Å². The molecule has 1 aliphatic carbocycles. The number of halogens is 1. The van der Waals surface area contributed by atoms with Crippen LogP contribution in [0.25, 0.3) is 0 Å². The molecule has 8 heteroatoms. The van der Waals surface area contributed by atoms with E-state index in [0.29, 0.717) is 19.2 Å². The van der Waals surface area contributed by atoms with E-state index in [1.807, 2.05) is 18.3 Å². The molecule has 0 saturated heterocycles. The summed E-state index contributed by atoms with van der Waals surface area (Å²) in [6.07, 6.45) is 6.93. The molecule has 29 heavy (non-hydrogen) atoms. The van der Waals surface area contributed by atoms with Crippen molar-refractivity contribution in [2.45, 2.75) is 58.7 Å². The maximum Gasteiger partial charge on any atom is 0.191 e. The number of nitrogens with zero attached hydrogens (tertiary/aromatic N) is 2. The highest BCUT2D eigenvalue weighted by Crippen LogP contribution is 2.32. The Balaban J connectivity index is 0.00000300. The van der Waals surface area contributed by atoms with Gasteiger partial charge in [0.15, 0.2) is 17.5 Å². The molecule has 2 N–H and O–H groups in total. The third-order valence-corrected chi connectivity index (χ3v) is 5.58. The first kappa shape index (κ1) is 23.7. The van der Waals surface area contributed by atoms with Crippen molar-refractivity contribution in [1.29, 1.82) is 0 Å². The lowest BCUT2D eigenvalue weighted by Crippen LogP contribution is -2.36. The van der Waals surface area contributed by atoms with Crippen LogP contribution < -0.4 is 20.1 Å². The predicted octanol–water partition coefficient (Wildman–Crippen LogP) is 4.65. The number of nitrogens with one attached hydrogen (secondary N) is 2. The summed E-state index contributed by atoms with van der Waals surface area (Å²) in [7, 11) is 1.68. The standard InChI is InChI=1S/C21H30N4O2S.HI/c1-4-22-21(25-14-20-23-12-15(2)28-20)24-13-16-9-10-18(26-3)19(11-16)27-17-7-5-6-8-17;/h9-12,17H,4-8,13-14H2,1-3H3,(H2,22,24,25);1H. The maximum atomic E-state index is 6.19. The molecule has 1 saturated carbocycles. The summed E-state index contributed by atoms with van der Waals surface area (Å²) in [6, 6.07) is 6.06. The first-order valence-corrected chi connectivity index (χ1v) is 10.8. The van der Waals surface area contributed by atoms with E-state index in [9.17, 15) is 0 Å². The molecule has 0 amide bonds. The Morgan fingerprint density at radius 2 is 2.03 bits per heavy atom. The molecular weight excluding hydrogens is 499 g/mol. The van der Waals surface area contributed by atoms with Crippen LogP contribution in [0.15, 0.2) is 29.4 Å². The van der Waals surface area contributed by atoms with Crippen LogP contribution in [-0.4, -0.2) is 30.7 Å². The number of aliphatic imine (C=N–C) groups is 1. The van der Waals surface area contributed by atoms with Crippen molar-refractivity contribution in [2.24, 2.45) is 4.99 Å². The van der Waals surface area contributed by atoms with Crippen LogP contribution in [0.3, 0.4) is 0 Å². The van der Waals surface area contributed by atoms with E-state index >= 15 is 0 Å². The summed E-state index contributed by atoms with van der Waals surface area (Å²) >= 11 is 1.70. The number of benzene rings is 1. The highest BCUT2D eigenvalue weighted by molar-refractivity contribution is 14.0. The summed E-state index contributed by atoms with van der Waals surface area (Å²) in [5.41, 5.74) is 1.09. The van der Waals surface area contributed by atoms with Crippen LogP contribution in [0.4, 0.5) is 0 Å². The number of ether oxygens (including phenoxy) is 2. The Labute approximate surface area is 194 Å². The average Bonchev–Trinajstić information content (AvgIpc) is 3.36. The first-order chi connectivity index (χ1) is 13.7. The quantitative estimate of drug-likeness (QED) is 0.296. The van der Waals surface area contributed by atoms with Crippen molar-refractivity contribution in [3.8, 4) is 11.5 Å². The van der Waals surface area contributed by atoms with Crippen LogP contribution in [0.2, 0.25) is 0 Å². The molecular formula is C21H31IN4O2S. The van der Waals surface area contributed by atoms with Crippen LogP contribution in [-0.2, 0) is 13.1 Å². The van der Waals surface area contributed by atoms with E-state index in [2.05, 4.69) is 35.5 Å². The van der Waals surface area contributed by atoms with E-state index in [0.717, 1.165) is 47.4 Å².